The van der Waals surface area contributed by atoms with E-state index in [9.17, 15) is 0 Å². The van der Waals surface area contributed by atoms with Gasteiger partial charge < -0.3 is 5.32 Å². The van der Waals surface area contributed by atoms with E-state index in [1.807, 2.05) is 7.05 Å². The van der Waals surface area contributed by atoms with Crippen molar-refractivity contribution in [3.8, 4) is 0 Å². The van der Waals surface area contributed by atoms with Crippen LogP contribution in [0.1, 0.15) is 40.0 Å². The number of hydrogen-bond acceptors (Lipinski definition) is 2. The molecule has 2 heteroatoms. The van der Waals surface area contributed by atoms with Crippen LogP contribution >= 0.6 is 0 Å². The number of rotatable bonds is 6. The topological polar surface area (TPSA) is 24.1 Å². The lowest BCUT2D eigenvalue weighted by molar-refractivity contribution is 0.385. The monoisotopic (exact) mass is 158 g/mol. The quantitative estimate of drug-likeness (QED) is 0.575. The van der Waals surface area contributed by atoms with Gasteiger partial charge in [0.15, 0.2) is 0 Å². The highest BCUT2D eigenvalue weighted by Crippen LogP contribution is 1.98. The summed E-state index contributed by atoms with van der Waals surface area (Å²) < 4.78 is 0. The summed E-state index contributed by atoms with van der Waals surface area (Å²) in [5.74, 6) is 0. The summed E-state index contributed by atoms with van der Waals surface area (Å²) in [6, 6.07) is 0.573. The molecule has 2 N–H and O–H groups in total. The average molecular weight is 158 g/mol. The van der Waals surface area contributed by atoms with Crippen LogP contribution in [-0.4, -0.2) is 19.3 Å². The van der Waals surface area contributed by atoms with Gasteiger partial charge in [0.05, 0.1) is 6.17 Å². The van der Waals surface area contributed by atoms with Crippen LogP contribution in [0.4, 0.5) is 0 Å². The first-order valence-electron chi connectivity index (χ1n) is 4.64. The Morgan fingerprint density at radius 2 is 1.91 bits per heavy atom. The SMILES string of the molecule is CCCCC(NC)NC(C)C. The highest BCUT2D eigenvalue weighted by atomic mass is 15.1. The molecule has 0 bridgehead atoms. The molecule has 0 aliphatic heterocycles. The Kier molecular flexibility index (Phi) is 6.57. The largest absolute Gasteiger partial charge is 0.305 e. The van der Waals surface area contributed by atoms with Crippen molar-refractivity contribution in [2.45, 2.75) is 52.2 Å². The summed E-state index contributed by atoms with van der Waals surface area (Å²) >= 11 is 0. The molecular formula is C9H22N2. The Labute approximate surface area is 70.8 Å². The fourth-order valence-electron chi connectivity index (χ4n) is 1.12. The molecule has 11 heavy (non-hydrogen) atoms. The smallest absolute Gasteiger partial charge is 0.0571 e. The highest BCUT2D eigenvalue weighted by Gasteiger charge is 2.04. The van der Waals surface area contributed by atoms with Crippen molar-refractivity contribution in [2.24, 2.45) is 0 Å². The fourth-order valence-corrected chi connectivity index (χ4v) is 1.12. The second-order valence-corrected chi connectivity index (χ2v) is 3.30. The third kappa shape index (κ3) is 6.32. The van der Waals surface area contributed by atoms with Crippen molar-refractivity contribution < 1.29 is 0 Å². The van der Waals surface area contributed by atoms with Crippen molar-refractivity contribution in [2.75, 3.05) is 7.05 Å². The van der Waals surface area contributed by atoms with Gasteiger partial charge in [-0.15, -0.1) is 0 Å². The molecule has 2 nitrogen and oxygen atoms in total. The van der Waals surface area contributed by atoms with Gasteiger partial charge in [-0.1, -0.05) is 19.8 Å². The van der Waals surface area contributed by atoms with Crippen LogP contribution in [-0.2, 0) is 0 Å². The molecule has 0 aromatic heterocycles. The first-order chi connectivity index (χ1) is 5.20. The lowest BCUT2D eigenvalue weighted by Crippen LogP contribution is -2.43. The van der Waals surface area contributed by atoms with E-state index in [2.05, 4.69) is 31.4 Å². The molecule has 0 heterocycles. The van der Waals surface area contributed by atoms with Crippen molar-refractivity contribution >= 4 is 0 Å². The Morgan fingerprint density at radius 1 is 1.27 bits per heavy atom. The molecule has 0 spiro atoms. The first kappa shape index (κ1) is 10.9. The van der Waals surface area contributed by atoms with Gasteiger partial charge in [0.2, 0.25) is 0 Å². The third-order valence-corrected chi connectivity index (χ3v) is 1.73. The van der Waals surface area contributed by atoms with Gasteiger partial charge in [-0.2, -0.15) is 0 Å². The maximum absolute atomic E-state index is 3.45. The Balaban J connectivity index is 3.41. The predicted molar refractivity (Wildman–Crippen MR) is 50.6 cm³/mol. The number of unbranched alkanes of at least 4 members (excludes halogenated alkanes) is 1. The van der Waals surface area contributed by atoms with E-state index in [4.69, 9.17) is 0 Å². The molecular weight excluding hydrogens is 136 g/mol. The fraction of sp³-hybridized carbons (Fsp3) is 1.00. The van der Waals surface area contributed by atoms with Gasteiger partial charge in [0.25, 0.3) is 0 Å². The van der Waals surface area contributed by atoms with Crippen molar-refractivity contribution in [1.82, 2.24) is 10.6 Å². The van der Waals surface area contributed by atoms with Gasteiger partial charge >= 0.3 is 0 Å². The molecule has 0 aliphatic rings. The van der Waals surface area contributed by atoms with E-state index in [1.54, 1.807) is 0 Å². The van der Waals surface area contributed by atoms with E-state index in [0.29, 0.717) is 12.2 Å². The van der Waals surface area contributed by atoms with E-state index in [0.717, 1.165) is 0 Å². The zero-order valence-electron chi connectivity index (χ0n) is 8.28. The molecule has 68 valence electrons. The summed E-state index contributed by atoms with van der Waals surface area (Å²) in [7, 11) is 2.01. The van der Waals surface area contributed by atoms with Crippen LogP contribution in [0.2, 0.25) is 0 Å². The molecule has 0 aliphatic carbocycles. The molecule has 0 aromatic rings. The maximum atomic E-state index is 3.45. The average Bonchev–Trinajstić information content (AvgIpc) is 1.97. The predicted octanol–water partition coefficient (Wildman–Crippen LogP) is 1.72. The van der Waals surface area contributed by atoms with E-state index >= 15 is 0 Å². The standard InChI is InChI=1S/C9H22N2/c1-5-6-7-9(10-4)11-8(2)3/h8-11H,5-7H2,1-4H3. The highest BCUT2D eigenvalue weighted by molar-refractivity contribution is 4.64. The molecule has 0 radical (unpaired) electrons. The minimum Gasteiger partial charge on any atom is -0.305 e. The van der Waals surface area contributed by atoms with E-state index in [1.165, 1.54) is 19.3 Å². The van der Waals surface area contributed by atoms with Crippen LogP contribution in [0, 0.1) is 0 Å². The van der Waals surface area contributed by atoms with Gasteiger partial charge in [0.1, 0.15) is 0 Å². The Hall–Kier alpha value is -0.0800. The van der Waals surface area contributed by atoms with Gasteiger partial charge in [-0.3, -0.25) is 5.32 Å². The minimum atomic E-state index is 0.495. The van der Waals surface area contributed by atoms with Crippen LogP contribution in [0.3, 0.4) is 0 Å². The zero-order chi connectivity index (χ0) is 8.69. The van der Waals surface area contributed by atoms with Crippen molar-refractivity contribution in [3.05, 3.63) is 0 Å². The number of nitrogens with one attached hydrogen (secondary N) is 2. The molecule has 0 aromatic carbocycles. The molecule has 0 saturated carbocycles. The summed E-state index contributed by atoms with van der Waals surface area (Å²) in [6.07, 6.45) is 4.30. The molecule has 0 rings (SSSR count). The second-order valence-electron chi connectivity index (χ2n) is 3.30. The zero-order valence-corrected chi connectivity index (χ0v) is 8.28. The molecule has 0 saturated heterocycles. The molecule has 1 atom stereocenters. The third-order valence-electron chi connectivity index (χ3n) is 1.73. The van der Waals surface area contributed by atoms with Crippen molar-refractivity contribution in [3.63, 3.8) is 0 Å². The van der Waals surface area contributed by atoms with Gasteiger partial charge in [-0.25, -0.2) is 0 Å². The number of hydrogen-bond donors (Lipinski definition) is 2. The summed E-state index contributed by atoms with van der Waals surface area (Å²) in [5, 5.41) is 6.71. The van der Waals surface area contributed by atoms with Crippen LogP contribution in [0.25, 0.3) is 0 Å². The lowest BCUT2D eigenvalue weighted by Gasteiger charge is -2.20. The first-order valence-corrected chi connectivity index (χ1v) is 4.64. The van der Waals surface area contributed by atoms with E-state index < -0.39 is 0 Å². The Morgan fingerprint density at radius 3 is 2.27 bits per heavy atom. The second kappa shape index (κ2) is 6.62. The van der Waals surface area contributed by atoms with Crippen LogP contribution < -0.4 is 10.6 Å². The molecule has 0 amide bonds. The Bertz CT molecular complexity index is 81.6. The van der Waals surface area contributed by atoms with Gasteiger partial charge in [-0.05, 0) is 27.3 Å². The minimum absolute atomic E-state index is 0.495. The van der Waals surface area contributed by atoms with Crippen LogP contribution in [0.15, 0.2) is 0 Å². The van der Waals surface area contributed by atoms with E-state index in [-0.39, 0.29) is 0 Å². The summed E-state index contributed by atoms with van der Waals surface area (Å²) in [6.45, 7) is 6.58. The van der Waals surface area contributed by atoms with Gasteiger partial charge in [0, 0.05) is 6.04 Å². The molecule has 0 fully saturated rings. The molecule has 1 unspecified atom stereocenters. The lowest BCUT2D eigenvalue weighted by atomic mass is 10.2. The summed E-state index contributed by atoms with van der Waals surface area (Å²) in [4.78, 5) is 0. The van der Waals surface area contributed by atoms with Crippen LogP contribution in [0.5, 0.6) is 0 Å². The maximum Gasteiger partial charge on any atom is 0.0571 e. The summed E-state index contributed by atoms with van der Waals surface area (Å²) in [5.41, 5.74) is 0. The van der Waals surface area contributed by atoms with Crippen molar-refractivity contribution in [1.29, 1.82) is 0 Å². The normalized spacial score (nSPS) is 13.9.